The van der Waals surface area contributed by atoms with Crippen LogP contribution in [-0.4, -0.2) is 0 Å². The Morgan fingerprint density at radius 2 is 1.93 bits per heavy atom. The van der Waals surface area contributed by atoms with Gasteiger partial charge in [0, 0.05) is 17.4 Å². The molecule has 1 heteroatoms. The molecule has 0 N–H and O–H groups in total. The minimum atomic E-state index is 0.830. The first-order valence-electron chi connectivity index (χ1n) is 4.50. The number of thiophene rings is 1. The van der Waals surface area contributed by atoms with Gasteiger partial charge in [-0.15, -0.1) is 0 Å². The lowest BCUT2D eigenvalue weighted by Crippen LogP contribution is -1.78. The molecule has 0 fully saturated rings. The van der Waals surface area contributed by atoms with Crippen molar-refractivity contribution in [1.29, 1.82) is 0 Å². The van der Waals surface area contributed by atoms with E-state index in [0.29, 0.717) is 0 Å². The first-order chi connectivity index (χ1) is 6.95. The zero-order chi connectivity index (χ0) is 9.64. The van der Waals surface area contributed by atoms with Gasteiger partial charge in [-0.2, -0.15) is 11.3 Å². The first-order valence-corrected chi connectivity index (χ1v) is 5.44. The molecule has 0 aliphatic heterocycles. The molecular formula is C13H10S. The van der Waals surface area contributed by atoms with Crippen LogP contribution in [0.25, 0.3) is 0 Å². The molecule has 0 bridgehead atoms. The second-order valence-corrected chi connectivity index (χ2v) is 3.76. The van der Waals surface area contributed by atoms with Gasteiger partial charge >= 0.3 is 0 Å². The molecule has 0 aliphatic rings. The molecule has 1 heterocycles. The van der Waals surface area contributed by atoms with Crippen molar-refractivity contribution in [2.75, 3.05) is 0 Å². The highest BCUT2D eigenvalue weighted by Gasteiger charge is 1.86. The quantitative estimate of drug-likeness (QED) is 0.616. The largest absolute Gasteiger partial charge is 0.151 e. The predicted molar refractivity (Wildman–Crippen MR) is 61.3 cm³/mol. The Morgan fingerprint density at radius 3 is 2.64 bits per heavy atom. The second-order valence-electron chi connectivity index (χ2n) is 2.98. The number of hydrogen-bond donors (Lipinski definition) is 0. The van der Waals surface area contributed by atoms with Crippen molar-refractivity contribution in [2.45, 2.75) is 6.42 Å². The van der Waals surface area contributed by atoms with Crippen LogP contribution in [0.1, 0.15) is 11.1 Å². The van der Waals surface area contributed by atoms with Crippen molar-refractivity contribution in [1.82, 2.24) is 0 Å². The summed E-state index contributed by atoms with van der Waals surface area (Å²) in [4.78, 5) is 0. The molecule has 14 heavy (non-hydrogen) atoms. The summed E-state index contributed by atoms with van der Waals surface area (Å²) in [5.74, 6) is 6.29. The molecule has 0 saturated carbocycles. The molecule has 0 spiro atoms. The summed E-state index contributed by atoms with van der Waals surface area (Å²) in [7, 11) is 0. The average molecular weight is 198 g/mol. The fourth-order valence-corrected chi connectivity index (χ4v) is 1.77. The van der Waals surface area contributed by atoms with Crippen LogP contribution in [0.4, 0.5) is 0 Å². The van der Waals surface area contributed by atoms with Gasteiger partial charge in [-0.25, -0.2) is 0 Å². The third-order valence-electron chi connectivity index (χ3n) is 1.89. The van der Waals surface area contributed by atoms with Crippen molar-refractivity contribution in [3.05, 3.63) is 58.3 Å². The lowest BCUT2D eigenvalue weighted by atomic mass is 10.1. The highest BCUT2D eigenvalue weighted by Crippen LogP contribution is 2.04. The normalized spacial score (nSPS) is 9.14. The Hall–Kier alpha value is -1.52. The second kappa shape index (κ2) is 4.64. The molecular weight excluding hydrogens is 188 g/mol. The molecule has 0 nitrogen and oxygen atoms in total. The summed E-state index contributed by atoms with van der Waals surface area (Å²) < 4.78 is 0. The lowest BCUT2D eigenvalue weighted by Gasteiger charge is -1.90. The third kappa shape index (κ3) is 2.48. The minimum absolute atomic E-state index is 0.830. The van der Waals surface area contributed by atoms with E-state index in [0.717, 1.165) is 12.0 Å². The Bertz CT molecular complexity index is 429. The Balaban J connectivity index is 2.01. The third-order valence-corrected chi connectivity index (χ3v) is 2.57. The zero-order valence-corrected chi connectivity index (χ0v) is 8.55. The van der Waals surface area contributed by atoms with Gasteiger partial charge in [0.2, 0.25) is 0 Å². The SMILES string of the molecule is C(#Cc1ccsc1)Cc1ccccc1. The summed E-state index contributed by atoms with van der Waals surface area (Å²) >= 11 is 1.68. The molecule has 1 aromatic carbocycles. The predicted octanol–water partition coefficient (Wildman–Crippen LogP) is 3.34. The van der Waals surface area contributed by atoms with Crippen LogP contribution in [0.15, 0.2) is 47.2 Å². The van der Waals surface area contributed by atoms with Gasteiger partial charge < -0.3 is 0 Å². The van der Waals surface area contributed by atoms with Crippen molar-refractivity contribution in [3.8, 4) is 11.8 Å². The van der Waals surface area contributed by atoms with Crippen LogP contribution in [-0.2, 0) is 6.42 Å². The number of benzene rings is 1. The molecule has 68 valence electrons. The zero-order valence-electron chi connectivity index (χ0n) is 7.73. The molecule has 2 aromatic rings. The standard InChI is InChI=1S/C13H10S/c1-2-5-12(6-3-1)7-4-8-13-9-10-14-11-13/h1-3,5-6,9-11H,7H2. The summed E-state index contributed by atoms with van der Waals surface area (Å²) in [6.45, 7) is 0. The van der Waals surface area contributed by atoms with E-state index < -0.39 is 0 Å². The van der Waals surface area contributed by atoms with E-state index in [4.69, 9.17) is 0 Å². The maximum atomic E-state index is 3.16. The fraction of sp³-hybridized carbons (Fsp3) is 0.0769. The fourth-order valence-electron chi connectivity index (χ4n) is 1.18. The van der Waals surface area contributed by atoms with Crippen LogP contribution in [0.2, 0.25) is 0 Å². The van der Waals surface area contributed by atoms with Gasteiger partial charge in [0.05, 0.1) is 0 Å². The maximum absolute atomic E-state index is 3.16. The van der Waals surface area contributed by atoms with Crippen molar-refractivity contribution < 1.29 is 0 Å². The van der Waals surface area contributed by atoms with E-state index in [1.807, 2.05) is 29.6 Å². The molecule has 0 unspecified atom stereocenters. The molecule has 0 saturated heterocycles. The van der Waals surface area contributed by atoms with Crippen LogP contribution in [0.5, 0.6) is 0 Å². The first kappa shape index (κ1) is 9.05. The highest BCUT2D eigenvalue weighted by atomic mass is 32.1. The van der Waals surface area contributed by atoms with Gasteiger partial charge in [-0.3, -0.25) is 0 Å². The van der Waals surface area contributed by atoms with E-state index in [2.05, 4.69) is 29.4 Å². The van der Waals surface area contributed by atoms with E-state index >= 15 is 0 Å². The van der Waals surface area contributed by atoms with E-state index in [1.54, 1.807) is 11.3 Å². The van der Waals surface area contributed by atoms with Gasteiger partial charge in [0.1, 0.15) is 0 Å². The van der Waals surface area contributed by atoms with E-state index in [9.17, 15) is 0 Å². The van der Waals surface area contributed by atoms with Crippen molar-refractivity contribution >= 4 is 11.3 Å². The van der Waals surface area contributed by atoms with Crippen LogP contribution < -0.4 is 0 Å². The Kier molecular flexibility index (Phi) is 3.00. The van der Waals surface area contributed by atoms with Gasteiger partial charge in [0.25, 0.3) is 0 Å². The Morgan fingerprint density at radius 1 is 1.07 bits per heavy atom. The summed E-state index contributed by atoms with van der Waals surface area (Å²) in [5.41, 5.74) is 2.39. The molecule has 0 atom stereocenters. The van der Waals surface area contributed by atoms with Crippen LogP contribution >= 0.6 is 11.3 Å². The molecule has 0 radical (unpaired) electrons. The average Bonchev–Trinajstić information content (AvgIpc) is 2.72. The minimum Gasteiger partial charge on any atom is -0.151 e. The van der Waals surface area contributed by atoms with Crippen LogP contribution in [0, 0.1) is 11.8 Å². The smallest absolute Gasteiger partial charge is 0.0352 e. The van der Waals surface area contributed by atoms with Gasteiger partial charge in [-0.1, -0.05) is 42.2 Å². The maximum Gasteiger partial charge on any atom is 0.0352 e. The highest BCUT2D eigenvalue weighted by molar-refractivity contribution is 7.08. The van der Waals surface area contributed by atoms with E-state index in [-0.39, 0.29) is 0 Å². The molecule has 1 aromatic heterocycles. The van der Waals surface area contributed by atoms with Gasteiger partial charge in [-0.05, 0) is 17.0 Å². The van der Waals surface area contributed by atoms with Crippen molar-refractivity contribution in [3.63, 3.8) is 0 Å². The number of hydrogen-bond acceptors (Lipinski definition) is 1. The molecule has 0 amide bonds. The summed E-state index contributed by atoms with van der Waals surface area (Å²) in [6.07, 6.45) is 0.830. The number of rotatable bonds is 1. The monoisotopic (exact) mass is 198 g/mol. The molecule has 2 rings (SSSR count). The van der Waals surface area contributed by atoms with Crippen LogP contribution in [0.3, 0.4) is 0 Å². The Labute approximate surface area is 88.2 Å². The van der Waals surface area contributed by atoms with Gasteiger partial charge in [0.15, 0.2) is 0 Å². The summed E-state index contributed by atoms with van der Waals surface area (Å²) in [6, 6.07) is 12.4. The topological polar surface area (TPSA) is 0 Å². The van der Waals surface area contributed by atoms with E-state index in [1.165, 1.54) is 5.56 Å². The van der Waals surface area contributed by atoms with Crippen molar-refractivity contribution in [2.24, 2.45) is 0 Å². The molecule has 0 aliphatic carbocycles. The lowest BCUT2D eigenvalue weighted by molar-refractivity contribution is 1.32. The summed E-state index contributed by atoms with van der Waals surface area (Å²) in [5, 5.41) is 4.12.